The number of benzene rings is 2. The Labute approximate surface area is 233 Å². The van der Waals surface area contributed by atoms with Gasteiger partial charge in [0.2, 0.25) is 0 Å². The van der Waals surface area contributed by atoms with Gasteiger partial charge in [-0.3, -0.25) is 9.52 Å². The Balaban J connectivity index is 1.61. The maximum absolute atomic E-state index is 13.6. The monoisotopic (exact) mass is 570 g/mol. The summed E-state index contributed by atoms with van der Waals surface area (Å²) >= 11 is 0. The Morgan fingerprint density at radius 3 is 2.60 bits per heavy atom. The third kappa shape index (κ3) is 6.54. The Morgan fingerprint density at radius 2 is 1.95 bits per heavy atom. The van der Waals surface area contributed by atoms with Crippen molar-refractivity contribution in [2.75, 3.05) is 36.8 Å². The minimum absolute atomic E-state index is 0.134. The number of urea groups is 1. The van der Waals surface area contributed by atoms with Crippen LogP contribution in [0.4, 0.5) is 16.2 Å². The molecule has 0 saturated heterocycles. The highest BCUT2D eigenvalue weighted by Crippen LogP contribution is 2.31. The number of anilines is 2. The van der Waals surface area contributed by atoms with Gasteiger partial charge in [-0.15, -0.1) is 0 Å². The zero-order valence-electron chi connectivity index (χ0n) is 22.8. The molecule has 0 unspecified atom stereocenters. The summed E-state index contributed by atoms with van der Waals surface area (Å²) in [5.74, 6) is -0.370. The van der Waals surface area contributed by atoms with Gasteiger partial charge in [-0.2, -0.15) is 8.42 Å². The van der Waals surface area contributed by atoms with Gasteiger partial charge in [-0.05, 0) is 37.3 Å². The van der Waals surface area contributed by atoms with E-state index in [9.17, 15) is 23.1 Å². The minimum Gasteiger partial charge on any atom is -0.487 e. The van der Waals surface area contributed by atoms with Crippen LogP contribution in [-0.2, 0) is 17.1 Å². The lowest BCUT2D eigenvalue weighted by atomic mass is 9.99. The Kier molecular flexibility index (Phi) is 8.64. The van der Waals surface area contributed by atoms with Gasteiger partial charge in [0, 0.05) is 44.1 Å². The molecule has 3 amide bonds. The standard InChI is InChI=1S/C27H34N6O6S/c1-18-13-33(19(2)16-34)26(35)22-12-21(30-40(37,38)25-15-31(3)17-28-25)10-11-23(22)39-24(18)14-32(4)27(36)29-20-8-6-5-7-9-20/h5-12,15,17-19,24,30,34H,13-14,16H2,1-4H3,(H,29,36)/t18-,19-,24+/m0/s1. The molecule has 1 aliphatic heterocycles. The Morgan fingerprint density at radius 1 is 1.23 bits per heavy atom. The summed E-state index contributed by atoms with van der Waals surface area (Å²) in [6.45, 7) is 3.85. The number of ether oxygens (including phenoxy) is 1. The number of hydrogen-bond donors (Lipinski definition) is 3. The molecule has 1 aliphatic rings. The second kappa shape index (κ2) is 12.0. The van der Waals surface area contributed by atoms with Crippen LogP contribution in [0.5, 0.6) is 5.75 Å². The quantitative estimate of drug-likeness (QED) is 0.377. The van der Waals surface area contributed by atoms with E-state index in [1.54, 1.807) is 38.1 Å². The van der Waals surface area contributed by atoms with Gasteiger partial charge in [0.1, 0.15) is 11.9 Å². The molecule has 4 rings (SSSR count). The van der Waals surface area contributed by atoms with Crippen LogP contribution in [0, 0.1) is 5.92 Å². The van der Waals surface area contributed by atoms with Crippen molar-refractivity contribution < 1.29 is 27.9 Å². The van der Waals surface area contributed by atoms with Gasteiger partial charge >= 0.3 is 6.03 Å². The maximum atomic E-state index is 13.6. The van der Waals surface area contributed by atoms with E-state index in [0.717, 1.165) is 0 Å². The van der Waals surface area contributed by atoms with Crippen molar-refractivity contribution in [1.29, 1.82) is 0 Å². The number of aromatic nitrogens is 2. The number of amides is 3. The third-order valence-corrected chi connectivity index (χ3v) is 7.97. The van der Waals surface area contributed by atoms with Gasteiger partial charge in [0.25, 0.3) is 15.9 Å². The molecule has 2 heterocycles. The summed E-state index contributed by atoms with van der Waals surface area (Å²) in [4.78, 5) is 33.4. The number of carbonyl (C=O) groups is 2. The van der Waals surface area contributed by atoms with E-state index < -0.39 is 28.1 Å². The van der Waals surface area contributed by atoms with Crippen LogP contribution in [0.3, 0.4) is 0 Å². The second-order valence-corrected chi connectivity index (χ2v) is 11.6. The lowest BCUT2D eigenvalue weighted by Gasteiger charge is -2.38. The highest BCUT2D eigenvalue weighted by atomic mass is 32.2. The fraction of sp³-hybridized carbons (Fsp3) is 0.370. The summed E-state index contributed by atoms with van der Waals surface area (Å²) in [7, 11) is -0.684. The van der Waals surface area contributed by atoms with Crippen LogP contribution < -0.4 is 14.8 Å². The lowest BCUT2D eigenvalue weighted by Crippen LogP contribution is -2.50. The van der Waals surface area contributed by atoms with E-state index >= 15 is 0 Å². The zero-order chi connectivity index (χ0) is 29.0. The molecule has 2 aromatic carbocycles. The first-order valence-corrected chi connectivity index (χ1v) is 14.3. The molecule has 12 nitrogen and oxygen atoms in total. The SMILES string of the molecule is C[C@H]1CN([C@@H](C)CO)C(=O)c2cc(NS(=O)(=O)c3cn(C)cn3)ccc2O[C@@H]1CN(C)C(=O)Nc1ccccc1. The Bertz CT molecular complexity index is 1460. The number of fused-ring (bicyclic) bond motifs is 1. The highest BCUT2D eigenvalue weighted by Gasteiger charge is 2.34. The van der Waals surface area contributed by atoms with Crippen LogP contribution >= 0.6 is 0 Å². The molecule has 3 aromatic rings. The number of carbonyl (C=O) groups excluding carboxylic acids is 2. The number of nitrogens with one attached hydrogen (secondary N) is 2. The predicted octanol–water partition coefficient (Wildman–Crippen LogP) is 2.60. The molecule has 40 heavy (non-hydrogen) atoms. The molecule has 3 N–H and O–H groups in total. The topological polar surface area (TPSA) is 146 Å². The van der Waals surface area contributed by atoms with E-state index in [1.807, 2.05) is 25.1 Å². The van der Waals surface area contributed by atoms with Gasteiger partial charge in [-0.25, -0.2) is 9.78 Å². The molecule has 0 saturated carbocycles. The van der Waals surface area contributed by atoms with Crippen molar-refractivity contribution in [2.45, 2.75) is 31.0 Å². The number of sulfonamides is 1. The van der Waals surface area contributed by atoms with Crippen LogP contribution in [0.2, 0.25) is 0 Å². The number of aliphatic hydroxyl groups is 1. The highest BCUT2D eigenvalue weighted by molar-refractivity contribution is 7.92. The lowest BCUT2D eigenvalue weighted by molar-refractivity contribution is 0.0371. The van der Waals surface area contributed by atoms with E-state index in [2.05, 4.69) is 15.0 Å². The van der Waals surface area contributed by atoms with E-state index in [0.29, 0.717) is 5.69 Å². The fourth-order valence-corrected chi connectivity index (χ4v) is 5.36. The number of rotatable bonds is 8. The van der Waals surface area contributed by atoms with Gasteiger partial charge < -0.3 is 29.5 Å². The first-order chi connectivity index (χ1) is 19.0. The number of aryl methyl sites for hydroxylation is 1. The molecule has 13 heteroatoms. The second-order valence-electron chi connectivity index (χ2n) is 9.99. The fourth-order valence-electron chi connectivity index (χ4n) is 4.33. The van der Waals surface area contributed by atoms with Crippen molar-refractivity contribution in [2.24, 2.45) is 13.0 Å². The van der Waals surface area contributed by atoms with E-state index in [1.165, 1.54) is 40.2 Å². The van der Waals surface area contributed by atoms with E-state index in [-0.39, 0.29) is 53.7 Å². The molecular weight excluding hydrogens is 536 g/mol. The molecule has 0 bridgehead atoms. The van der Waals surface area contributed by atoms with Gasteiger partial charge in [0.05, 0.1) is 31.1 Å². The number of likely N-dealkylation sites (N-methyl/N-ethyl adjacent to an activating group) is 1. The molecule has 0 spiro atoms. The van der Waals surface area contributed by atoms with Crippen LogP contribution in [-0.4, -0.2) is 83.7 Å². The average Bonchev–Trinajstić information content (AvgIpc) is 3.38. The summed E-state index contributed by atoms with van der Waals surface area (Å²) in [6, 6.07) is 12.7. The van der Waals surface area contributed by atoms with Crippen molar-refractivity contribution in [3.8, 4) is 5.75 Å². The predicted molar refractivity (Wildman–Crippen MR) is 150 cm³/mol. The van der Waals surface area contributed by atoms with Crippen LogP contribution in [0.15, 0.2) is 66.1 Å². The third-order valence-electron chi connectivity index (χ3n) is 6.70. The van der Waals surface area contributed by atoms with Crippen LogP contribution in [0.25, 0.3) is 0 Å². The first-order valence-electron chi connectivity index (χ1n) is 12.8. The molecule has 3 atom stereocenters. The zero-order valence-corrected chi connectivity index (χ0v) is 23.6. The average molecular weight is 571 g/mol. The van der Waals surface area contributed by atoms with Crippen molar-refractivity contribution in [1.82, 2.24) is 19.4 Å². The van der Waals surface area contributed by atoms with Crippen molar-refractivity contribution in [3.05, 3.63) is 66.6 Å². The van der Waals surface area contributed by atoms with Gasteiger partial charge in [0.15, 0.2) is 5.03 Å². The smallest absolute Gasteiger partial charge is 0.321 e. The summed E-state index contributed by atoms with van der Waals surface area (Å²) < 4.78 is 35.9. The molecule has 214 valence electrons. The summed E-state index contributed by atoms with van der Waals surface area (Å²) in [5.41, 5.74) is 0.947. The first kappa shape index (κ1) is 28.9. The summed E-state index contributed by atoms with van der Waals surface area (Å²) in [5, 5.41) is 12.6. The number of aliphatic hydroxyl groups excluding tert-OH is 1. The Hall–Kier alpha value is -4.10. The largest absolute Gasteiger partial charge is 0.487 e. The molecule has 0 fully saturated rings. The molecule has 0 aliphatic carbocycles. The number of imidazole rings is 1. The van der Waals surface area contributed by atoms with E-state index in [4.69, 9.17) is 4.74 Å². The molecule has 0 radical (unpaired) electrons. The van der Waals surface area contributed by atoms with Gasteiger partial charge in [-0.1, -0.05) is 25.1 Å². The molecular formula is C27H34N6O6S. The van der Waals surface area contributed by atoms with Crippen molar-refractivity contribution >= 4 is 33.3 Å². The maximum Gasteiger partial charge on any atom is 0.321 e. The number of nitrogens with zero attached hydrogens (tertiary/aromatic N) is 4. The number of hydrogen-bond acceptors (Lipinski definition) is 7. The number of para-hydroxylation sites is 1. The summed E-state index contributed by atoms with van der Waals surface area (Å²) in [6.07, 6.45) is 2.23. The van der Waals surface area contributed by atoms with Crippen LogP contribution in [0.1, 0.15) is 24.2 Å². The molecule has 1 aromatic heterocycles. The normalized spacial score (nSPS) is 18.1. The minimum atomic E-state index is -4.00. The van der Waals surface area contributed by atoms with Crippen molar-refractivity contribution in [3.63, 3.8) is 0 Å².